The molecule has 13 heteroatoms. The third kappa shape index (κ3) is 7.99. The number of nitrogens with one attached hydrogen (secondary N) is 2. The molecule has 0 spiro atoms. The first-order chi connectivity index (χ1) is 20.4. The monoisotopic (exact) mass is 616 g/mol. The van der Waals surface area contributed by atoms with Crippen LogP contribution in [-0.2, 0) is 21.2 Å². The first kappa shape index (κ1) is 31.7. The molecule has 3 amide bonds. The third-order valence-corrected chi connectivity index (χ3v) is 8.59. The summed E-state index contributed by atoms with van der Waals surface area (Å²) < 4.78 is 61.2. The smallest absolute Gasteiger partial charge is 0.321 e. The Labute approximate surface area is 249 Å². The Hall–Kier alpha value is -4.23. The summed E-state index contributed by atoms with van der Waals surface area (Å²) in [5, 5.41) is 12.6. The highest BCUT2D eigenvalue weighted by Crippen LogP contribution is 2.30. The number of aliphatic hydroxyl groups excluding tert-OH is 1. The van der Waals surface area contributed by atoms with Crippen molar-refractivity contribution in [1.82, 2.24) is 9.80 Å². The zero-order chi connectivity index (χ0) is 31.3. The first-order valence-corrected chi connectivity index (χ1v) is 15.1. The number of aliphatic hydroxyl groups is 1. The number of carbonyl (C=O) groups excluding carboxylic acids is 2. The maximum absolute atomic E-state index is 13.4. The molecule has 1 aliphatic heterocycles. The molecule has 3 aromatic rings. The maximum Gasteiger partial charge on any atom is 0.321 e. The van der Waals surface area contributed by atoms with Crippen LogP contribution in [0.5, 0.6) is 5.75 Å². The van der Waals surface area contributed by atoms with Crippen LogP contribution >= 0.6 is 0 Å². The van der Waals surface area contributed by atoms with Crippen LogP contribution < -0.4 is 14.8 Å². The normalized spacial score (nSPS) is 17.9. The van der Waals surface area contributed by atoms with Gasteiger partial charge in [0.2, 0.25) is 5.91 Å². The van der Waals surface area contributed by atoms with E-state index in [2.05, 4.69) is 10.0 Å². The average Bonchev–Trinajstić information content (AvgIpc) is 3.01. The van der Waals surface area contributed by atoms with Gasteiger partial charge in [-0.1, -0.05) is 6.92 Å². The lowest BCUT2D eigenvalue weighted by molar-refractivity contribution is -0.134. The summed E-state index contributed by atoms with van der Waals surface area (Å²) >= 11 is 0. The Bertz CT molecular complexity index is 1550. The number of hydrogen-bond acceptors (Lipinski definition) is 6. The minimum absolute atomic E-state index is 0.113. The van der Waals surface area contributed by atoms with Crippen molar-refractivity contribution in [1.29, 1.82) is 0 Å². The first-order valence-electron chi connectivity index (χ1n) is 13.6. The van der Waals surface area contributed by atoms with Gasteiger partial charge in [0.05, 0.1) is 30.5 Å². The van der Waals surface area contributed by atoms with Gasteiger partial charge in [0.15, 0.2) is 0 Å². The van der Waals surface area contributed by atoms with E-state index in [1.165, 1.54) is 41.3 Å². The summed E-state index contributed by atoms with van der Waals surface area (Å²) in [6.45, 7) is 3.67. The molecule has 43 heavy (non-hydrogen) atoms. The fraction of sp³-hybridized carbons (Fsp3) is 0.333. The molecule has 0 unspecified atom stereocenters. The number of carbonyl (C=O) groups is 2. The van der Waals surface area contributed by atoms with Crippen LogP contribution in [0.1, 0.15) is 19.4 Å². The molecule has 0 radical (unpaired) electrons. The van der Waals surface area contributed by atoms with E-state index in [0.717, 1.165) is 24.3 Å². The number of rotatable bonds is 8. The van der Waals surface area contributed by atoms with Gasteiger partial charge in [-0.25, -0.2) is 22.0 Å². The van der Waals surface area contributed by atoms with Crippen molar-refractivity contribution in [2.24, 2.45) is 5.92 Å². The number of halogens is 2. The molecular weight excluding hydrogens is 582 g/mol. The van der Waals surface area contributed by atoms with Crippen LogP contribution in [0, 0.1) is 17.6 Å². The average molecular weight is 617 g/mol. The molecule has 0 aliphatic carbocycles. The third-order valence-electron chi connectivity index (χ3n) is 7.19. The molecule has 230 valence electrons. The summed E-state index contributed by atoms with van der Waals surface area (Å²) in [5.74, 6) is -1.25. The molecule has 3 N–H and O–H groups in total. The highest BCUT2D eigenvalue weighted by Gasteiger charge is 2.32. The lowest BCUT2D eigenvalue weighted by atomic mass is 10.0. The van der Waals surface area contributed by atoms with Crippen LogP contribution in [0.4, 0.5) is 25.0 Å². The van der Waals surface area contributed by atoms with E-state index in [9.17, 15) is 31.9 Å². The zero-order valence-corrected chi connectivity index (χ0v) is 24.8. The summed E-state index contributed by atoms with van der Waals surface area (Å²) in [6.07, 6.45) is -0.740. The van der Waals surface area contributed by atoms with Crippen molar-refractivity contribution in [3.8, 4) is 5.75 Å². The van der Waals surface area contributed by atoms with E-state index < -0.39 is 39.8 Å². The van der Waals surface area contributed by atoms with Crippen LogP contribution in [0.15, 0.2) is 71.6 Å². The summed E-state index contributed by atoms with van der Waals surface area (Å²) in [7, 11) is -2.47. The molecule has 0 aromatic heterocycles. The van der Waals surface area contributed by atoms with Crippen molar-refractivity contribution >= 4 is 33.3 Å². The Morgan fingerprint density at radius 1 is 1.07 bits per heavy atom. The highest BCUT2D eigenvalue weighted by molar-refractivity contribution is 7.92. The van der Waals surface area contributed by atoms with E-state index in [0.29, 0.717) is 17.0 Å². The predicted octanol–water partition coefficient (Wildman–Crippen LogP) is 4.08. The second-order valence-corrected chi connectivity index (χ2v) is 12.3. The van der Waals surface area contributed by atoms with E-state index in [-0.39, 0.29) is 48.5 Å². The topological polar surface area (TPSA) is 128 Å². The van der Waals surface area contributed by atoms with Crippen LogP contribution in [0.25, 0.3) is 0 Å². The number of urea groups is 1. The van der Waals surface area contributed by atoms with Gasteiger partial charge in [-0.15, -0.1) is 0 Å². The molecule has 1 aliphatic rings. The number of nitrogens with zero attached hydrogens (tertiary/aromatic N) is 2. The molecule has 0 fully saturated rings. The molecule has 3 atom stereocenters. The minimum atomic E-state index is -4.05. The fourth-order valence-electron chi connectivity index (χ4n) is 4.64. The van der Waals surface area contributed by atoms with Gasteiger partial charge in [-0.3, -0.25) is 9.52 Å². The number of benzene rings is 3. The van der Waals surface area contributed by atoms with E-state index >= 15 is 0 Å². The predicted molar refractivity (Wildman–Crippen MR) is 157 cm³/mol. The van der Waals surface area contributed by atoms with Crippen molar-refractivity contribution in [2.45, 2.75) is 37.3 Å². The standard InChI is InChI=1S/C30H34F2N4O6S/c1-19-16-36(20(2)18-37)29(38)15-21-14-25(34-43(40,41)26-11-6-23(32)7-12-26)10-13-27(21)42-28(19)17-35(3)30(39)33-24-8-4-22(31)5-9-24/h4-14,19-20,28,34,37H,15-18H2,1-3H3,(H,33,39)/t19-,20-,28+/m0/s1. The van der Waals surface area contributed by atoms with Crippen molar-refractivity contribution < 1.29 is 36.6 Å². The summed E-state index contributed by atoms with van der Waals surface area (Å²) in [6, 6.07) is 13.3. The number of fused-ring (bicyclic) bond motifs is 1. The number of hydrogen-bond donors (Lipinski definition) is 3. The Balaban J connectivity index is 1.61. The second-order valence-electron chi connectivity index (χ2n) is 10.6. The number of amides is 3. The second kappa shape index (κ2) is 13.4. The quantitative estimate of drug-likeness (QED) is 0.350. The van der Waals surface area contributed by atoms with Crippen LogP contribution in [0.3, 0.4) is 0 Å². The lowest BCUT2D eigenvalue weighted by Crippen LogP contribution is -2.48. The van der Waals surface area contributed by atoms with Crippen LogP contribution in [-0.4, -0.2) is 74.2 Å². The van der Waals surface area contributed by atoms with Gasteiger partial charge in [-0.2, -0.15) is 0 Å². The van der Waals surface area contributed by atoms with Crippen molar-refractivity contribution in [3.63, 3.8) is 0 Å². The van der Waals surface area contributed by atoms with Gasteiger partial charge < -0.3 is 25.0 Å². The van der Waals surface area contributed by atoms with Gasteiger partial charge >= 0.3 is 6.03 Å². The molecular formula is C30H34F2N4O6S. The Morgan fingerprint density at radius 3 is 2.30 bits per heavy atom. The van der Waals surface area contributed by atoms with E-state index in [4.69, 9.17) is 4.74 Å². The molecule has 0 saturated carbocycles. The van der Waals surface area contributed by atoms with E-state index in [1.54, 1.807) is 24.9 Å². The van der Waals surface area contributed by atoms with Crippen LogP contribution in [0.2, 0.25) is 0 Å². The summed E-state index contributed by atoms with van der Waals surface area (Å²) in [5.41, 5.74) is 0.981. The minimum Gasteiger partial charge on any atom is -0.488 e. The fourth-order valence-corrected chi connectivity index (χ4v) is 5.69. The number of likely N-dealkylation sites (N-methyl/N-ethyl adjacent to an activating group) is 1. The van der Waals surface area contributed by atoms with Crippen molar-refractivity contribution in [3.05, 3.63) is 83.9 Å². The van der Waals surface area contributed by atoms with E-state index in [1.807, 2.05) is 6.92 Å². The van der Waals surface area contributed by atoms with Gasteiger partial charge in [-0.05, 0) is 73.7 Å². The maximum atomic E-state index is 13.4. The van der Waals surface area contributed by atoms with Gasteiger partial charge in [0.1, 0.15) is 23.5 Å². The SMILES string of the molecule is C[C@H]1CN([C@@H](C)CO)C(=O)Cc2cc(NS(=O)(=O)c3ccc(F)cc3)ccc2O[C@@H]1CN(C)C(=O)Nc1ccc(F)cc1. The molecule has 0 saturated heterocycles. The molecule has 10 nitrogen and oxygen atoms in total. The Morgan fingerprint density at radius 2 is 1.67 bits per heavy atom. The van der Waals surface area contributed by atoms with Gasteiger partial charge in [0, 0.05) is 36.4 Å². The largest absolute Gasteiger partial charge is 0.488 e. The number of sulfonamides is 1. The lowest BCUT2D eigenvalue weighted by Gasteiger charge is -2.34. The number of anilines is 2. The molecule has 4 rings (SSSR count). The number of ether oxygens (including phenoxy) is 1. The molecule has 1 heterocycles. The molecule has 3 aromatic carbocycles. The highest BCUT2D eigenvalue weighted by atomic mass is 32.2. The van der Waals surface area contributed by atoms with Gasteiger partial charge in [0.25, 0.3) is 10.0 Å². The molecule has 0 bridgehead atoms. The zero-order valence-electron chi connectivity index (χ0n) is 24.0. The Kier molecular flexibility index (Phi) is 9.87. The van der Waals surface area contributed by atoms with Crippen molar-refractivity contribution in [2.75, 3.05) is 36.8 Å². The summed E-state index contributed by atoms with van der Waals surface area (Å²) in [4.78, 5) is 29.2.